The van der Waals surface area contributed by atoms with Crippen molar-refractivity contribution in [3.8, 4) is 5.75 Å². The SMILES string of the molecule is CNC(COc1ccc(F)cc1C)(C(=O)O)C1CC1. The third-order valence-electron chi connectivity index (χ3n) is 3.69. The lowest BCUT2D eigenvalue weighted by Gasteiger charge is -2.29. The number of ether oxygens (including phenoxy) is 1. The fourth-order valence-corrected chi connectivity index (χ4v) is 2.28. The molecule has 0 aliphatic heterocycles. The average molecular weight is 267 g/mol. The molecule has 1 unspecified atom stereocenters. The van der Waals surface area contributed by atoms with E-state index < -0.39 is 11.5 Å². The van der Waals surface area contributed by atoms with Gasteiger partial charge >= 0.3 is 5.97 Å². The molecule has 0 heterocycles. The maximum Gasteiger partial charge on any atom is 0.327 e. The van der Waals surface area contributed by atoms with Crippen molar-refractivity contribution >= 4 is 5.97 Å². The second-order valence-electron chi connectivity index (χ2n) is 5.00. The van der Waals surface area contributed by atoms with E-state index in [4.69, 9.17) is 4.74 Å². The zero-order valence-corrected chi connectivity index (χ0v) is 11.1. The molecule has 1 aromatic rings. The van der Waals surface area contributed by atoms with Gasteiger partial charge < -0.3 is 15.2 Å². The number of carbonyl (C=O) groups is 1. The highest BCUT2D eigenvalue weighted by Gasteiger charge is 2.51. The van der Waals surface area contributed by atoms with E-state index in [9.17, 15) is 14.3 Å². The highest BCUT2D eigenvalue weighted by atomic mass is 19.1. The number of halogens is 1. The van der Waals surface area contributed by atoms with E-state index in [2.05, 4.69) is 5.32 Å². The Hall–Kier alpha value is -1.62. The van der Waals surface area contributed by atoms with Crippen molar-refractivity contribution in [1.82, 2.24) is 5.32 Å². The van der Waals surface area contributed by atoms with Crippen LogP contribution in [0, 0.1) is 18.7 Å². The first-order valence-electron chi connectivity index (χ1n) is 6.31. The van der Waals surface area contributed by atoms with Gasteiger partial charge in [0.1, 0.15) is 18.2 Å². The van der Waals surface area contributed by atoms with Crippen LogP contribution in [0.4, 0.5) is 4.39 Å². The Morgan fingerprint density at radius 3 is 2.74 bits per heavy atom. The monoisotopic (exact) mass is 267 g/mol. The molecule has 1 saturated carbocycles. The van der Waals surface area contributed by atoms with E-state index in [1.54, 1.807) is 14.0 Å². The molecule has 2 N–H and O–H groups in total. The molecule has 4 nitrogen and oxygen atoms in total. The van der Waals surface area contributed by atoms with Crippen molar-refractivity contribution in [3.63, 3.8) is 0 Å². The van der Waals surface area contributed by atoms with Gasteiger partial charge in [0.15, 0.2) is 5.54 Å². The fraction of sp³-hybridized carbons (Fsp3) is 0.500. The summed E-state index contributed by atoms with van der Waals surface area (Å²) in [6.07, 6.45) is 1.78. The van der Waals surface area contributed by atoms with E-state index in [1.807, 2.05) is 0 Å². The Bertz CT molecular complexity index is 488. The molecule has 0 spiro atoms. The Labute approximate surface area is 111 Å². The minimum absolute atomic E-state index is 0.0377. The first-order chi connectivity index (χ1) is 8.99. The number of carboxylic acid groups (broad SMARTS) is 1. The largest absolute Gasteiger partial charge is 0.491 e. The summed E-state index contributed by atoms with van der Waals surface area (Å²) < 4.78 is 18.6. The quantitative estimate of drug-likeness (QED) is 0.827. The molecule has 0 aromatic heterocycles. The molecule has 1 aliphatic carbocycles. The van der Waals surface area contributed by atoms with E-state index in [0.717, 1.165) is 12.8 Å². The van der Waals surface area contributed by atoms with E-state index in [-0.39, 0.29) is 18.3 Å². The smallest absolute Gasteiger partial charge is 0.327 e. The van der Waals surface area contributed by atoms with Gasteiger partial charge in [0.05, 0.1) is 0 Å². The predicted octanol–water partition coefficient (Wildman–Crippen LogP) is 1.97. The Kier molecular flexibility index (Phi) is 3.75. The van der Waals surface area contributed by atoms with Crippen molar-refractivity contribution < 1.29 is 19.0 Å². The molecule has 1 fully saturated rings. The Morgan fingerprint density at radius 2 is 2.26 bits per heavy atom. The highest BCUT2D eigenvalue weighted by molar-refractivity contribution is 5.80. The molecule has 104 valence electrons. The summed E-state index contributed by atoms with van der Waals surface area (Å²) in [7, 11) is 1.63. The van der Waals surface area contributed by atoms with Gasteiger partial charge in [-0.2, -0.15) is 0 Å². The van der Waals surface area contributed by atoms with E-state index in [0.29, 0.717) is 11.3 Å². The van der Waals surface area contributed by atoms with Crippen molar-refractivity contribution in [2.45, 2.75) is 25.3 Å². The molecule has 1 aliphatic rings. The molecule has 2 rings (SSSR count). The van der Waals surface area contributed by atoms with Crippen LogP contribution in [-0.4, -0.2) is 30.3 Å². The molecular weight excluding hydrogens is 249 g/mol. The van der Waals surface area contributed by atoms with E-state index in [1.165, 1.54) is 18.2 Å². The first-order valence-corrected chi connectivity index (χ1v) is 6.31. The maximum absolute atomic E-state index is 13.0. The molecule has 0 bridgehead atoms. The molecule has 1 aromatic carbocycles. The van der Waals surface area contributed by atoms with Crippen LogP contribution in [0.15, 0.2) is 18.2 Å². The molecule has 0 amide bonds. The van der Waals surface area contributed by atoms with Gasteiger partial charge in [0.2, 0.25) is 0 Å². The Balaban J connectivity index is 2.12. The van der Waals surface area contributed by atoms with Gasteiger partial charge in [-0.1, -0.05) is 0 Å². The van der Waals surface area contributed by atoms with Crippen LogP contribution in [0.5, 0.6) is 5.75 Å². The standard InChI is InChI=1S/C14H18FNO3/c1-9-7-11(15)5-6-12(9)19-8-14(16-2,13(17)18)10-3-4-10/h5-7,10,16H,3-4,8H2,1-2H3,(H,17,18). The summed E-state index contributed by atoms with van der Waals surface area (Å²) in [6, 6.07) is 4.20. The van der Waals surface area contributed by atoms with Crippen LogP contribution < -0.4 is 10.1 Å². The summed E-state index contributed by atoms with van der Waals surface area (Å²) >= 11 is 0. The second-order valence-corrected chi connectivity index (χ2v) is 5.00. The fourth-order valence-electron chi connectivity index (χ4n) is 2.28. The van der Waals surface area contributed by atoms with Crippen LogP contribution in [-0.2, 0) is 4.79 Å². The number of nitrogens with one attached hydrogen (secondary N) is 1. The molecule has 1 atom stereocenters. The van der Waals surface area contributed by atoms with Crippen LogP contribution >= 0.6 is 0 Å². The lowest BCUT2D eigenvalue weighted by molar-refractivity contribution is -0.147. The normalized spacial score (nSPS) is 17.8. The van der Waals surface area contributed by atoms with Crippen molar-refractivity contribution in [3.05, 3.63) is 29.6 Å². The van der Waals surface area contributed by atoms with Crippen molar-refractivity contribution in [2.75, 3.05) is 13.7 Å². The first kappa shape index (κ1) is 13.8. The second kappa shape index (κ2) is 5.17. The predicted molar refractivity (Wildman–Crippen MR) is 68.8 cm³/mol. The molecule has 19 heavy (non-hydrogen) atoms. The van der Waals surface area contributed by atoms with Gasteiger partial charge in [-0.05, 0) is 56.5 Å². The molecular formula is C14H18FNO3. The number of hydrogen-bond donors (Lipinski definition) is 2. The maximum atomic E-state index is 13.0. The highest BCUT2D eigenvalue weighted by Crippen LogP contribution is 2.40. The lowest BCUT2D eigenvalue weighted by Crippen LogP contribution is -2.56. The van der Waals surface area contributed by atoms with Gasteiger partial charge in [-0.15, -0.1) is 0 Å². The number of aryl methyl sites for hydroxylation is 1. The number of carboxylic acids is 1. The Morgan fingerprint density at radius 1 is 1.58 bits per heavy atom. The van der Waals surface area contributed by atoms with Gasteiger partial charge in [-0.3, -0.25) is 4.79 Å². The summed E-state index contributed by atoms with van der Waals surface area (Å²) in [4.78, 5) is 11.5. The minimum Gasteiger partial charge on any atom is -0.491 e. The van der Waals surface area contributed by atoms with Crippen LogP contribution in [0.2, 0.25) is 0 Å². The summed E-state index contributed by atoms with van der Waals surface area (Å²) in [5.74, 6) is -0.624. The average Bonchev–Trinajstić information content (AvgIpc) is 3.17. The zero-order valence-electron chi connectivity index (χ0n) is 11.1. The number of likely N-dealkylation sites (N-methyl/N-ethyl adjacent to an activating group) is 1. The summed E-state index contributed by atoms with van der Waals surface area (Å²) in [6.45, 7) is 1.77. The van der Waals surface area contributed by atoms with Crippen LogP contribution in [0.1, 0.15) is 18.4 Å². The van der Waals surface area contributed by atoms with Crippen LogP contribution in [0.3, 0.4) is 0 Å². The molecule has 0 saturated heterocycles. The van der Waals surface area contributed by atoms with E-state index >= 15 is 0 Å². The minimum atomic E-state index is -1.05. The van der Waals surface area contributed by atoms with Gasteiger partial charge in [0, 0.05) is 0 Å². The third-order valence-corrected chi connectivity index (χ3v) is 3.69. The molecule has 0 radical (unpaired) electrons. The summed E-state index contributed by atoms with van der Waals surface area (Å²) in [5.41, 5.74) is -0.396. The van der Waals surface area contributed by atoms with Gasteiger partial charge in [0.25, 0.3) is 0 Å². The van der Waals surface area contributed by atoms with Crippen LogP contribution in [0.25, 0.3) is 0 Å². The topological polar surface area (TPSA) is 58.6 Å². The number of hydrogen-bond acceptors (Lipinski definition) is 3. The summed E-state index contributed by atoms with van der Waals surface area (Å²) in [5, 5.41) is 12.3. The van der Waals surface area contributed by atoms with Crippen molar-refractivity contribution in [1.29, 1.82) is 0 Å². The third kappa shape index (κ3) is 2.71. The number of rotatable bonds is 6. The lowest BCUT2D eigenvalue weighted by atomic mass is 9.94. The van der Waals surface area contributed by atoms with Gasteiger partial charge in [-0.25, -0.2) is 4.39 Å². The number of aliphatic carboxylic acids is 1. The van der Waals surface area contributed by atoms with Crippen molar-refractivity contribution in [2.24, 2.45) is 5.92 Å². The molecule has 5 heteroatoms. The zero-order chi connectivity index (χ0) is 14.0. The number of benzene rings is 1.